The van der Waals surface area contributed by atoms with Gasteiger partial charge in [-0.2, -0.15) is 0 Å². The second-order valence-electron chi connectivity index (χ2n) is 12.9. The van der Waals surface area contributed by atoms with Crippen LogP contribution in [0.1, 0.15) is 82.1 Å². The number of ether oxygens (including phenoxy) is 1. The lowest BCUT2D eigenvalue weighted by molar-refractivity contribution is -0.142. The molecule has 0 aliphatic rings. The molecular formula is C35H47FN4O5S. The number of alkyl carbamates (subject to hydrolysis) is 1. The van der Waals surface area contributed by atoms with Crippen LogP contribution in [0, 0.1) is 11.7 Å². The molecule has 0 fully saturated rings. The number of thiazole rings is 1. The van der Waals surface area contributed by atoms with Gasteiger partial charge >= 0.3 is 6.09 Å². The molecule has 46 heavy (non-hydrogen) atoms. The number of nitrogens with one attached hydrogen (secondary N) is 2. The first-order valence-corrected chi connectivity index (χ1v) is 16.6. The Hall–Kier alpha value is -3.99. The van der Waals surface area contributed by atoms with Gasteiger partial charge in [-0.05, 0) is 59.1 Å². The van der Waals surface area contributed by atoms with Gasteiger partial charge < -0.3 is 25.4 Å². The lowest BCUT2D eigenvalue weighted by Gasteiger charge is -2.34. The molecule has 0 aliphatic heterocycles. The van der Waals surface area contributed by atoms with Gasteiger partial charge in [-0.25, -0.2) is 14.2 Å². The van der Waals surface area contributed by atoms with Crippen molar-refractivity contribution in [1.29, 1.82) is 0 Å². The van der Waals surface area contributed by atoms with Crippen molar-refractivity contribution >= 4 is 29.2 Å². The molecule has 11 heteroatoms. The van der Waals surface area contributed by atoms with Crippen molar-refractivity contribution in [3.8, 4) is 5.75 Å². The molecule has 9 nitrogen and oxygen atoms in total. The van der Waals surface area contributed by atoms with Crippen LogP contribution in [0.3, 0.4) is 0 Å². The number of rotatable bonds is 14. The fourth-order valence-electron chi connectivity index (χ4n) is 5.27. The van der Waals surface area contributed by atoms with Crippen LogP contribution in [0.25, 0.3) is 0 Å². The normalized spacial score (nSPS) is 13.5. The average molecular weight is 655 g/mol. The first-order chi connectivity index (χ1) is 21.7. The molecule has 0 bridgehead atoms. The highest BCUT2D eigenvalue weighted by molar-refractivity contribution is 7.09. The van der Waals surface area contributed by atoms with Crippen LogP contribution < -0.4 is 10.6 Å². The van der Waals surface area contributed by atoms with E-state index in [0.29, 0.717) is 23.4 Å². The molecule has 1 aromatic heterocycles. The summed E-state index contributed by atoms with van der Waals surface area (Å²) in [5, 5.41) is 18.8. The van der Waals surface area contributed by atoms with Gasteiger partial charge in [0, 0.05) is 25.0 Å². The molecule has 0 saturated carbocycles. The topological polar surface area (TPSA) is 121 Å². The maximum absolute atomic E-state index is 14.0. The maximum Gasteiger partial charge on any atom is 0.407 e. The Morgan fingerprint density at radius 1 is 1.04 bits per heavy atom. The Labute approximate surface area is 275 Å². The first-order valence-electron chi connectivity index (χ1n) is 15.7. The quantitative estimate of drug-likeness (QED) is 0.175. The minimum atomic E-state index is -1.05. The summed E-state index contributed by atoms with van der Waals surface area (Å²) in [6, 6.07) is 8.72. The summed E-state index contributed by atoms with van der Waals surface area (Å²) in [5.41, 5.74) is 2.07. The van der Waals surface area contributed by atoms with Gasteiger partial charge in [0.15, 0.2) is 0 Å². The summed E-state index contributed by atoms with van der Waals surface area (Å²) < 4.78 is 18.8. The molecule has 3 aromatic rings. The van der Waals surface area contributed by atoms with Crippen molar-refractivity contribution < 1.29 is 28.6 Å². The highest BCUT2D eigenvalue weighted by Crippen LogP contribution is 2.33. The third kappa shape index (κ3) is 10.3. The summed E-state index contributed by atoms with van der Waals surface area (Å²) in [5.74, 6) is -1.33. The Kier molecular flexibility index (Phi) is 13.1. The highest BCUT2D eigenvalue weighted by Gasteiger charge is 2.36. The summed E-state index contributed by atoms with van der Waals surface area (Å²) in [6.07, 6.45) is 2.96. The Balaban J connectivity index is 1.86. The molecule has 250 valence electrons. The molecule has 3 amide bonds. The van der Waals surface area contributed by atoms with Crippen molar-refractivity contribution in [2.75, 3.05) is 13.7 Å². The highest BCUT2D eigenvalue weighted by atomic mass is 32.1. The molecule has 0 saturated heterocycles. The van der Waals surface area contributed by atoms with E-state index in [2.05, 4.69) is 15.6 Å². The molecule has 0 radical (unpaired) electrons. The summed E-state index contributed by atoms with van der Waals surface area (Å²) >= 11 is 1.42. The Bertz CT molecular complexity index is 1440. The van der Waals surface area contributed by atoms with E-state index in [1.54, 1.807) is 31.4 Å². The Morgan fingerprint density at radius 3 is 2.30 bits per heavy atom. The minimum absolute atomic E-state index is 0.0808. The number of benzene rings is 2. The van der Waals surface area contributed by atoms with Gasteiger partial charge in [0.1, 0.15) is 28.7 Å². The van der Waals surface area contributed by atoms with E-state index in [1.165, 1.54) is 28.4 Å². The number of phenols is 1. The van der Waals surface area contributed by atoms with Gasteiger partial charge in [0.25, 0.3) is 0 Å². The smallest absolute Gasteiger partial charge is 0.407 e. The largest absolute Gasteiger partial charge is 0.508 e. The first kappa shape index (κ1) is 36.5. The number of carbonyl (C=O) groups excluding carboxylic acids is 3. The van der Waals surface area contributed by atoms with Crippen LogP contribution in [0.5, 0.6) is 5.75 Å². The number of likely N-dealkylation sites (N-methyl/N-ethyl adjacent to an activating group) is 1. The number of aromatic nitrogens is 1. The van der Waals surface area contributed by atoms with Crippen LogP contribution in [0.4, 0.5) is 9.18 Å². The van der Waals surface area contributed by atoms with Crippen molar-refractivity contribution in [2.45, 2.75) is 90.8 Å². The number of phenolic OH excluding ortho intramolecular Hbond substituents is 1. The molecule has 3 atom stereocenters. The molecule has 3 rings (SSSR count). The predicted molar refractivity (Wildman–Crippen MR) is 178 cm³/mol. The maximum atomic E-state index is 14.0. The molecular weight excluding hydrogens is 607 g/mol. The van der Waals surface area contributed by atoms with Crippen molar-refractivity contribution in [3.05, 3.63) is 81.6 Å². The van der Waals surface area contributed by atoms with Gasteiger partial charge in [-0.3, -0.25) is 9.59 Å². The van der Waals surface area contributed by atoms with E-state index in [9.17, 15) is 23.9 Å². The summed E-state index contributed by atoms with van der Waals surface area (Å²) in [4.78, 5) is 46.4. The van der Waals surface area contributed by atoms with Gasteiger partial charge in [-0.15, -0.1) is 11.3 Å². The third-order valence-corrected chi connectivity index (χ3v) is 8.60. The number of hydrogen-bond donors (Lipinski definition) is 3. The zero-order valence-corrected chi connectivity index (χ0v) is 28.6. The zero-order valence-electron chi connectivity index (χ0n) is 27.8. The van der Waals surface area contributed by atoms with Crippen LogP contribution in [0.2, 0.25) is 0 Å². The monoisotopic (exact) mass is 654 g/mol. The van der Waals surface area contributed by atoms with Gasteiger partial charge in [-0.1, -0.05) is 72.2 Å². The van der Waals surface area contributed by atoms with E-state index in [0.717, 1.165) is 17.5 Å². The SMILES string of the molecule is CCCCOC(=O)NC(Cc1ccc(F)cc1)C(=O)N(C)C(C(=O)NC(Cc1ccc(O)c(C(C)(C)C)c1)c1nccs1)C(C)C. The molecule has 1 heterocycles. The summed E-state index contributed by atoms with van der Waals surface area (Å²) in [6.45, 7) is 12.0. The second kappa shape index (κ2) is 16.5. The fraction of sp³-hybridized carbons (Fsp3) is 0.486. The number of hydrogen-bond acceptors (Lipinski definition) is 7. The number of unbranched alkanes of at least 4 members (excludes halogenated alkanes) is 1. The predicted octanol–water partition coefficient (Wildman–Crippen LogP) is 6.31. The third-order valence-electron chi connectivity index (χ3n) is 7.71. The van der Waals surface area contributed by atoms with Crippen LogP contribution >= 0.6 is 11.3 Å². The van der Waals surface area contributed by atoms with Crippen LogP contribution in [-0.4, -0.2) is 58.6 Å². The van der Waals surface area contributed by atoms with E-state index >= 15 is 0 Å². The fourth-order valence-corrected chi connectivity index (χ4v) is 5.96. The lowest BCUT2D eigenvalue weighted by Crippen LogP contribution is -2.57. The number of nitrogens with zero attached hydrogens (tertiary/aromatic N) is 2. The number of aromatic hydroxyl groups is 1. The van der Waals surface area contributed by atoms with E-state index in [1.807, 2.05) is 59.1 Å². The molecule has 0 spiro atoms. The van der Waals surface area contributed by atoms with E-state index in [-0.39, 0.29) is 36.0 Å². The van der Waals surface area contributed by atoms with Crippen LogP contribution in [-0.2, 0) is 32.6 Å². The standard InChI is InChI=1S/C35H47FN4O5S/c1-8-9-17-45-34(44)39-28(20-23-10-13-25(36)14-11-23)33(43)40(7)30(22(2)3)31(42)38-27(32-37-16-18-46-32)21-24-12-15-29(41)26(19-24)35(4,5)6/h10-16,18-19,22,27-28,30,41H,8-9,17,20-21H2,1-7H3,(H,38,42)(H,39,44). The van der Waals surface area contributed by atoms with E-state index < -0.39 is 35.9 Å². The lowest BCUT2D eigenvalue weighted by atomic mass is 9.85. The number of carbonyl (C=O) groups is 3. The van der Waals surface area contributed by atoms with Crippen molar-refractivity contribution in [3.63, 3.8) is 0 Å². The minimum Gasteiger partial charge on any atom is -0.508 e. The van der Waals surface area contributed by atoms with Crippen molar-refractivity contribution in [1.82, 2.24) is 20.5 Å². The van der Waals surface area contributed by atoms with E-state index in [4.69, 9.17) is 4.74 Å². The number of amides is 3. The van der Waals surface area contributed by atoms with Crippen molar-refractivity contribution in [2.24, 2.45) is 5.92 Å². The Morgan fingerprint density at radius 2 is 1.72 bits per heavy atom. The molecule has 3 N–H and O–H groups in total. The van der Waals surface area contributed by atoms with Crippen LogP contribution in [0.15, 0.2) is 54.0 Å². The molecule has 3 unspecified atom stereocenters. The van der Waals surface area contributed by atoms with Gasteiger partial charge in [0.05, 0.1) is 12.6 Å². The zero-order chi connectivity index (χ0) is 34.0. The summed E-state index contributed by atoms with van der Waals surface area (Å²) in [7, 11) is 1.54. The molecule has 2 aromatic carbocycles. The van der Waals surface area contributed by atoms with Gasteiger partial charge in [0.2, 0.25) is 11.8 Å². The number of halogens is 1. The second-order valence-corrected chi connectivity index (χ2v) is 13.8. The average Bonchev–Trinajstić information content (AvgIpc) is 3.53. The molecule has 0 aliphatic carbocycles.